The van der Waals surface area contributed by atoms with Gasteiger partial charge in [-0.3, -0.25) is 14.7 Å². The van der Waals surface area contributed by atoms with Crippen LogP contribution in [0.5, 0.6) is 0 Å². The third-order valence-corrected chi connectivity index (χ3v) is 10.3. The van der Waals surface area contributed by atoms with Crippen LogP contribution in [0.3, 0.4) is 0 Å². The molecule has 2 aromatic carbocycles. The lowest BCUT2D eigenvalue weighted by molar-refractivity contribution is 0.0697. The van der Waals surface area contributed by atoms with Crippen molar-refractivity contribution in [3.05, 3.63) is 87.1 Å². The molecule has 8 nitrogen and oxygen atoms in total. The van der Waals surface area contributed by atoms with E-state index in [-0.39, 0.29) is 36.3 Å². The number of hydrogen-bond donors (Lipinski definition) is 0. The predicted molar refractivity (Wildman–Crippen MR) is 155 cm³/mol. The fourth-order valence-corrected chi connectivity index (χ4v) is 7.75. The van der Waals surface area contributed by atoms with E-state index in [1.54, 1.807) is 35.4 Å². The number of nitrogens with zero attached hydrogens (tertiary/aromatic N) is 5. The number of benzene rings is 2. The van der Waals surface area contributed by atoms with Crippen LogP contribution < -0.4 is 0 Å². The van der Waals surface area contributed by atoms with Gasteiger partial charge < -0.3 is 4.90 Å². The number of hydrogen-bond acceptors (Lipinski definition) is 7. The minimum atomic E-state index is -3.67. The molecule has 2 aliphatic heterocycles. The van der Waals surface area contributed by atoms with Crippen LogP contribution in [0.4, 0.5) is 0 Å². The highest BCUT2D eigenvalue weighted by Crippen LogP contribution is 2.28. The van der Waals surface area contributed by atoms with E-state index in [1.807, 2.05) is 24.4 Å². The first-order valence-electron chi connectivity index (χ1n) is 12.5. The molecule has 0 spiro atoms. The van der Waals surface area contributed by atoms with Gasteiger partial charge in [-0.05, 0) is 46.7 Å². The number of aromatic nitrogens is 2. The number of rotatable bonds is 5. The number of fused-ring (bicyclic) bond motifs is 2. The maximum absolute atomic E-state index is 13.3. The number of sulfonamides is 1. The summed E-state index contributed by atoms with van der Waals surface area (Å²) in [6, 6.07) is 14.5. The first-order valence-corrected chi connectivity index (χ1v) is 15.1. The summed E-state index contributed by atoms with van der Waals surface area (Å²) in [5.74, 6) is -0.122. The minimum Gasteiger partial charge on any atom is -0.334 e. The Morgan fingerprint density at radius 2 is 1.77 bits per heavy atom. The average Bonchev–Trinajstić information content (AvgIpc) is 3.36. The van der Waals surface area contributed by atoms with Crippen LogP contribution in [0.25, 0.3) is 10.8 Å². The van der Waals surface area contributed by atoms with Crippen molar-refractivity contribution in [3.8, 4) is 0 Å². The molecule has 4 aromatic rings. The first-order chi connectivity index (χ1) is 18.4. The second kappa shape index (κ2) is 11.5. The summed E-state index contributed by atoms with van der Waals surface area (Å²) in [7, 11) is -3.67. The van der Waals surface area contributed by atoms with E-state index in [2.05, 4.69) is 20.9 Å². The molecule has 4 heterocycles. The molecule has 0 saturated carbocycles. The number of amides is 1. The fraction of sp³-hybridized carbons (Fsp3) is 0.296. The molecule has 2 aliphatic rings. The summed E-state index contributed by atoms with van der Waals surface area (Å²) >= 11 is 7.51. The standard InChI is InChI=1S/C27H26ClN5O3S2.ClH/c28-22-5-3-21-15-23(6-4-20(21)14-22)38(35,36)33-12-10-32(11-13-33)27(34)26-30-24-7-9-31(18-25(24)37-26)17-19-2-1-8-29-16-19;/h1-6,8,14-16H,7,9-13,17-18H2;1H. The summed E-state index contributed by atoms with van der Waals surface area (Å²) < 4.78 is 28.1. The topological polar surface area (TPSA) is 86.7 Å². The lowest BCUT2D eigenvalue weighted by atomic mass is 10.1. The van der Waals surface area contributed by atoms with E-state index in [9.17, 15) is 13.2 Å². The van der Waals surface area contributed by atoms with Crippen molar-refractivity contribution in [3.63, 3.8) is 0 Å². The van der Waals surface area contributed by atoms with Crippen LogP contribution in [0.15, 0.2) is 65.8 Å². The van der Waals surface area contributed by atoms with Gasteiger partial charge >= 0.3 is 0 Å². The van der Waals surface area contributed by atoms with Crippen LogP contribution in [0.2, 0.25) is 5.02 Å². The van der Waals surface area contributed by atoms with E-state index in [0.29, 0.717) is 23.1 Å². The van der Waals surface area contributed by atoms with Gasteiger partial charge in [0.1, 0.15) is 0 Å². The van der Waals surface area contributed by atoms with Crippen molar-refractivity contribution in [1.29, 1.82) is 0 Å². The van der Waals surface area contributed by atoms with Crippen molar-refractivity contribution >= 4 is 62.0 Å². The van der Waals surface area contributed by atoms with Gasteiger partial charge in [0.2, 0.25) is 10.0 Å². The molecule has 39 heavy (non-hydrogen) atoms. The molecule has 12 heteroatoms. The predicted octanol–water partition coefficient (Wildman–Crippen LogP) is 4.47. The van der Waals surface area contributed by atoms with Crippen molar-refractivity contribution in [2.24, 2.45) is 0 Å². The normalized spacial score (nSPS) is 16.6. The lowest BCUT2D eigenvalue weighted by Crippen LogP contribution is -2.50. The average molecular weight is 605 g/mol. The molecule has 0 atom stereocenters. The number of thiazole rings is 1. The number of carbonyl (C=O) groups is 1. The molecule has 2 aromatic heterocycles. The monoisotopic (exact) mass is 603 g/mol. The van der Waals surface area contributed by atoms with Crippen LogP contribution in [0.1, 0.15) is 25.9 Å². The molecule has 0 radical (unpaired) electrons. The van der Waals surface area contributed by atoms with Crippen LogP contribution in [0, 0.1) is 0 Å². The van der Waals surface area contributed by atoms with Gasteiger partial charge in [-0.1, -0.05) is 29.8 Å². The van der Waals surface area contributed by atoms with Gasteiger partial charge in [-0.15, -0.1) is 23.7 Å². The third kappa shape index (κ3) is 5.82. The zero-order valence-electron chi connectivity index (χ0n) is 21.0. The van der Waals surface area contributed by atoms with Crippen LogP contribution in [-0.4, -0.2) is 71.1 Å². The van der Waals surface area contributed by atoms with Gasteiger partial charge in [-0.25, -0.2) is 13.4 Å². The molecule has 1 fully saturated rings. The summed E-state index contributed by atoms with van der Waals surface area (Å²) in [5.41, 5.74) is 2.16. The van der Waals surface area contributed by atoms with Gasteiger partial charge in [-0.2, -0.15) is 4.31 Å². The van der Waals surface area contributed by atoms with E-state index in [1.165, 1.54) is 15.6 Å². The smallest absolute Gasteiger partial charge is 0.282 e. The first kappa shape index (κ1) is 27.9. The minimum absolute atomic E-state index is 0. The Morgan fingerprint density at radius 3 is 2.54 bits per heavy atom. The Bertz CT molecular complexity index is 1610. The van der Waals surface area contributed by atoms with Gasteiger partial charge in [0.05, 0.1) is 10.6 Å². The quantitative estimate of drug-likeness (QED) is 0.334. The number of pyridine rings is 1. The second-order valence-corrected chi connectivity index (χ2v) is 13.0. The van der Waals surface area contributed by atoms with Crippen molar-refractivity contribution in [1.82, 2.24) is 24.1 Å². The molecule has 0 N–H and O–H groups in total. The molecule has 204 valence electrons. The zero-order chi connectivity index (χ0) is 26.3. The second-order valence-electron chi connectivity index (χ2n) is 9.56. The number of piperazine rings is 1. The van der Waals surface area contributed by atoms with E-state index >= 15 is 0 Å². The van der Waals surface area contributed by atoms with E-state index < -0.39 is 10.0 Å². The van der Waals surface area contributed by atoms with Gasteiger partial charge in [0.15, 0.2) is 5.01 Å². The summed E-state index contributed by atoms with van der Waals surface area (Å²) in [6.45, 7) is 3.62. The Morgan fingerprint density at radius 1 is 1.00 bits per heavy atom. The molecular formula is C27H27Cl2N5O3S2. The fourth-order valence-electron chi connectivity index (χ4n) is 5.00. The molecule has 0 bridgehead atoms. The Hall–Kier alpha value is -2.60. The zero-order valence-corrected chi connectivity index (χ0v) is 24.2. The highest BCUT2D eigenvalue weighted by molar-refractivity contribution is 7.89. The van der Waals surface area contributed by atoms with Crippen LogP contribution in [-0.2, 0) is 29.5 Å². The molecule has 0 unspecified atom stereocenters. The highest BCUT2D eigenvalue weighted by atomic mass is 35.5. The SMILES string of the molecule is Cl.O=C(c1nc2c(s1)CN(Cc1cccnc1)CC2)N1CCN(S(=O)(=O)c2ccc3cc(Cl)ccc3c2)CC1. The molecule has 6 rings (SSSR count). The van der Waals surface area contributed by atoms with Crippen molar-refractivity contribution in [2.75, 3.05) is 32.7 Å². The summed E-state index contributed by atoms with van der Waals surface area (Å²) in [6.07, 6.45) is 4.46. The number of halogens is 2. The Kier molecular flexibility index (Phi) is 8.23. The van der Waals surface area contributed by atoms with Crippen LogP contribution >= 0.6 is 35.3 Å². The van der Waals surface area contributed by atoms with E-state index in [4.69, 9.17) is 11.6 Å². The van der Waals surface area contributed by atoms with Gasteiger partial charge in [0, 0.05) is 74.5 Å². The number of carbonyl (C=O) groups excluding carboxylic acids is 1. The lowest BCUT2D eigenvalue weighted by Gasteiger charge is -2.33. The largest absolute Gasteiger partial charge is 0.334 e. The van der Waals surface area contributed by atoms with Gasteiger partial charge in [0.25, 0.3) is 5.91 Å². The molecule has 0 aliphatic carbocycles. The summed E-state index contributed by atoms with van der Waals surface area (Å²) in [4.78, 5) is 27.6. The Labute approximate surface area is 242 Å². The Balaban J connectivity index is 0.00000308. The van der Waals surface area contributed by atoms with E-state index in [0.717, 1.165) is 53.0 Å². The summed E-state index contributed by atoms with van der Waals surface area (Å²) in [5, 5.41) is 2.80. The van der Waals surface area contributed by atoms with Crippen molar-refractivity contribution < 1.29 is 13.2 Å². The molecule has 1 amide bonds. The third-order valence-electron chi connectivity index (χ3n) is 7.06. The maximum Gasteiger partial charge on any atom is 0.282 e. The molecule has 1 saturated heterocycles. The highest BCUT2D eigenvalue weighted by Gasteiger charge is 2.32. The van der Waals surface area contributed by atoms with Crippen molar-refractivity contribution in [2.45, 2.75) is 24.4 Å². The maximum atomic E-state index is 13.3. The molecular weight excluding hydrogens is 577 g/mol.